The second-order valence-corrected chi connectivity index (χ2v) is 6.15. The third-order valence-corrected chi connectivity index (χ3v) is 4.14. The molecule has 4 nitrogen and oxygen atoms in total. The van der Waals surface area contributed by atoms with Crippen LogP contribution >= 0.6 is 11.3 Å². The molecule has 1 N–H and O–H groups in total. The van der Waals surface area contributed by atoms with E-state index in [1.807, 2.05) is 49.4 Å². The lowest BCUT2D eigenvalue weighted by atomic mass is 10.2. The summed E-state index contributed by atoms with van der Waals surface area (Å²) >= 11 is 1.63. The van der Waals surface area contributed by atoms with E-state index in [0.29, 0.717) is 18.0 Å². The standard InChI is InChI=1S/C17H16N2O2S/c1-3-21-17(20)13(10-12-9-8-11(2)22-12)16-18-14-6-4-5-7-15(14)19-16/h4-10H,3H2,1-2H3,(H,18,19). The molecule has 0 unspecified atom stereocenters. The predicted octanol–water partition coefficient (Wildman–Crippen LogP) is 4.04. The maximum atomic E-state index is 12.3. The fraction of sp³-hybridized carbons (Fsp3) is 0.176. The minimum atomic E-state index is -0.368. The van der Waals surface area contributed by atoms with Crippen molar-refractivity contribution < 1.29 is 9.53 Å². The average molecular weight is 312 g/mol. The highest BCUT2D eigenvalue weighted by atomic mass is 32.1. The van der Waals surface area contributed by atoms with Gasteiger partial charge in [0.25, 0.3) is 0 Å². The molecule has 0 radical (unpaired) electrons. The lowest BCUT2D eigenvalue weighted by Gasteiger charge is -2.03. The highest BCUT2D eigenvalue weighted by molar-refractivity contribution is 7.12. The van der Waals surface area contributed by atoms with Crippen molar-refractivity contribution in [2.24, 2.45) is 0 Å². The van der Waals surface area contributed by atoms with Crippen molar-refractivity contribution in [3.05, 3.63) is 52.0 Å². The molecule has 22 heavy (non-hydrogen) atoms. The van der Waals surface area contributed by atoms with Gasteiger partial charge in [0, 0.05) is 9.75 Å². The number of aromatic amines is 1. The number of benzene rings is 1. The van der Waals surface area contributed by atoms with E-state index >= 15 is 0 Å². The zero-order chi connectivity index (χ0) is 15.5. The fourth-order valence-corrected chi connectivity index (χ4v) is 3.01. The molecule has 0 aliphatic rings. The maximum Gasteiger partial charge on any atom is 0.341 e. The number of fused-ring (bicyclic) bond motifs is 1. The Bertz CT molecular complexity index is 812. The van der Waals surface area contributed by atoms with Crippen LogP contribution in [-0.2, 0) is 9.53 Å². The van der Waals surface area contributed by atoms with E-state index in [-0.39, 0.29) is 5.97 Å². The Labute approximate surface area is 132 Å². The molecule has 1 aromatic carbocycles. The summed E-state index contributed by atoms with van der Waals surface area (Å²) in [5.74, 6) is 0.165. The highest BCUT2D eigenvalue weighted by Crippen LogP contribution is 2.24. The SMILES string of the molecule is CCOC(=O)C(=Cc1ccc(C)s1)c1nc2ccccc2[nH]1. The number of aromatic nitrogens is 2. The van der Waals surface area contributed by atoms with Gasteiger partial charge in [-0.05, 0) is 44.2 Å². The normalized spacial score (nSPS) is 11.8. The Morgan fingerprint density at radius 2 is 2.14 bits per heavy atom. The molecule has 0 aliphatic carbocycles. The number of nitrogens with one attached hydrogen (secondary N) is 1. The molecule has 0 saturated heterocycles. The first kappa shape index (κ1) is 14.5. The van der Waals surface area contributed by atoms with Crippen LogP contribution in [0.4, 0.5) is 0 Å². The Balaban J connectivity index is 2.08. The molecule has 2 aromatic heterocycles. The van der Waals surface area contributed by atoms with E-state index < -0.39 is 0 Å². The predicted molar refractivity (Wildman–Crippen MR) is 89.7 cm³/mol. The van der Waals surface area contributed by atoms with Gasteiger partial charge in [0.2, 0.25) is 0 Å². The number of rotatable bonds is 4. The Hall–Kier alpha value is -2.40. The summed E-state index contributed by atoms with van der Waals surface area (Å²) in [4.78, 5) is 22.2. The Morgan fingerprint density at radius 3 is 2.82 bits per heavy atom. The molecule has 112 valence electrons. The van der Waals surface area contributed by atoms with Crippen molar-refractivity contribution in [1.29, 1.82) is 0 Å². The number of H-pyrrole nitrogens is 1. The average Bonchev–Trinajstić information content (AvgIpc) is 3.10. The number of thiophene rings is 1. The number of hydrogen-bond donors (Lipinski definition) is 1. The minimum Gasteiger partial charge on any atom is -0.462 e. The number of carbonyl (C=O) groups is 1. The first-order chi connectivity index (χ1) is 10.7. The van der Waals surface area contributed by atoms with Gasteiger partial charge in [-0.25, -0.2) is 9.78 Å². The summed E-state index contributed by atoms with van der Waals surface area (Å²) in [6, 6.07) is 11.7. The van der Waals surface area contributed by atoms with Crippen LogP contribution in [-0.4, -0.2) is 22.5 Å². The summed E-state index contributed by atoms with van der Waals surface area (Å²) in [5.41, 5.74) is 2.17. The van der Waals surface area contributed by atoms with Gasteiger partial charge in [-0.1, -0.05) is 12.1 Å². The van der Waals surface area contributed by atoms with E-state index in [1.54, 1.807) is 18.3 Å². The molecule has 0 atom stereocenters. The summed E-state index contributed by atoms with van der Waals surface area (Å²) < 4.78 is 5.17. The van der Waals surface area contributed by atoms with Crippen LogP contribution in [0.1, 0.15) is 22.5 Å². The zero-order valence-corrected chi connectivity index (χ0v) is 13.2. The molecule has 2 heterocycles. The Kier molecular flexibility index (Phi) is 4.06. The van der Waals surface area contributed by atoms with E-state index in [9.17, 15) is 4.79 Å². The van der Waals surface area contributed by atoms with E-state index in [0.717, 1.165) is 15.9 Å². The monoisotopic (exact) mass is 312 g/mol. The van der Waals surface area contributed by atoms with Crippen LogP contribution in [0, 0.1) is 6.92 Å². The van der Waals surface area contributed by atoms with Crippen LogP contribution in [0.2, 0.25) is 0 Å². The van der Waals surface area contributed by atoms with Gasteiger partial charge in [0.05, 0.1) is 17.6 Å². The topological polar surface area (TPSA) is 55.0 Å². The quantitative estimate of drug-likeness (QED) is 0.584. The number of imidazole rings is 1. The van der Waals surface area contributed by atoms with E-state index in [2.05, 4.69) is 9.97 Å². The molecule has 5 heteroatoms. The van der Waals surface area contributed by atoms with Crippen LogP contribution in [0.3, 0.4) is 0 Å². The van der Waals surface area contributed by atoms with Gasteiger partial charge < -0.3 is 9.72 Å². The van der Waals surface area contributed by atoms with Gasteiger partial charge in [0.1, 0.15) is 11.4 Å². The smallest absolute Gasteiger partial charge is 0.341 e. The first-order valence-corrected chi connectivity index (χ1v) is 7.89. The largest absolute Gasteiger partial charge is 0.462 e. The Morgan fingerprint density at radius 1 is 1.32 bits per heavy atom. The van der Waals surface area contributed by atoms with E-state index in [1.165, 1.54) is 4.88 Å². The number of aryl methyl sites for hydroxylation is 1. The third-order valence-electron chi connectivity index (χ3n) is 3.19. The summed E-state index contributed by atoms with van der Waals surface area (Å²) in [7, 11) is 0. The number of nitrogens with zero attached hydrogens (tertiary/aromatic N) is 1. The molecule has 0 amide bonds. The van der Waals surface area contributed by atoms with Crippen molar-refractivity contribution in [1.82, 2.24) is 9.97 Å². The van der Waals surface area contributed by atoms with Gasteiger partial charge >= 0.3 is 5.97 Å². The van der Waals surface area contributed by atoms with Gasteiger partial charge in [0.15, 0.2) is 0 Å². The molecule has 0 saturated carbocycles. The molecule has 0 fully saturated rings. The summed E-state index contributed by atoms with van der Waals surface area (Å²) in [6.07, 6.45) is 1.83. The fourth-order valence-electron chi connectivity index (χ4n) is 2.19. The second kappa shape index (κ2) is 6.15. The van der Waals surface area contributed by atoms with Crippen molar-refractivity contribution in [3.63, 3.8) is 0 Å². The number of para-hydroxylation sites is 2. The van der Waals surface area contributed by atoms with Crippen LogP contribution in [0.5, 0.6) is 0 Å². The highest BCUT2D eigenvalue weighted by Gasteiger charge is 2.17. The van der Waals surface area contributed by atoms with Crippen molar-refractivity contribution >= 4 is 40.0 Å². The minimum absolute atomic E-state index is 0.333. The second-order valence-electron chi connectivity index (χ2n) is 4.83. The maximum absolute atomic E-state index is 12.3. The zero-order valence-electron chi connectivity index (χ0n) is 12.4. The molecule has 0 bridgehead atoms. The molecular weight excluding hydrogens is 296 g/mol. The van der Waals surface area contributed by atoms with Crippen LogP contribution < -0.4 is 0 Å². The third kappa shape index (κ3) is 2.94. The van der Waals surface area contributed by atoms with Gasteiger partial charge in [-0.15, -0.1) is 11.3 Å². The molecule has 0 aliphatic heterocycles. The molecule has 3 aromatic rings. The molecule has 0 spiro atoms. The molecular formula is C17H16N2O2S. The number of ether oxygens (including phenoxy) is 1. The lowest BCUT2D eigenvalue weighted by molar-refractivity contribution is -0.136. The van der Waals surface area contributed by atoms with Crippen molar-refractivity contribution in [2.45, 2.75) is 13.8 Å². The first-order valence-electron chi connectivity index (χ1n) is 7.07. The van der Waals surface area contributed by atoms with Crippen molar-refractivity contribution in [3.8, 4) is 0 Å². The van der Waals surface area contributed by atoms with Crippen LogP contribution in [0.25, 0.3) is 22.7 Å². The van der Waals surface area contributed by atoms with Crippen LogP contribution in [0.15, 0.2) is 36.4 Å². The van der Waals surface area contributed by atoms with E-state index in [4.69, 9.17) is 4.74 Å². The van der Waals surface area contributed by atoms with Gasteiger partial charge in [-0.2, -0.15) is 0 Å². The number of carbonyl (C=O) groups excluding carboxylic acids is 1. The lowest BCUT2D eigenvalue weighted by Crippen LogP contribution is -2.07. The van der Waals surface area contributed by atoms with Gasteiger partial charge in [-0.3, -0.25) is 0 Å². The number of esters is 1. The van der Waals surface area contributed by atoms with Crippen molar-refractivity contribution in [2.75, 3.05) is 6.61 Å². The molecule has 3 rings (SSSR count). The number of hydrogen-bond acceptors (Lipinski definition) is 4. The summed E-state index contributed by atoms with van der Waals surface area (Å²) in [6.45, 7) is 4.16. The summed E-state index contributed by atoms with van der Waals surface area (Å²) in [5, 5.41) is 0.